The van der Waals surface area contributed by atoms with Crippen molar-refractivity contribution < 1.29 is 4.79 Å². The first-order valence-electron chi connectivity index (χ1n) is 7.45. The standard InChI is InChI=1S/C16H17ClN6O/c1-22(2)9-8-19-16(24)11-5-6-12(17)14(10-11)23-15-13(20-21-23)4-3-7-18-15/h3-7,10H,8-9H2,1-2H3,(H,19,24). The van der Waals surface area contributed by atoms with E-state index in [4.69, 9.17) is 11.6 Å². The number of hydrogen-bond acceptors (Lipinski definition) is 5. The van der Waals surface area contributed by atoms with Crippen LogP contribution in [-0.2, 0) is 0 Å². The van der Waals surface area contributed by atoms with Crippen molar-refractivity contribution in [3.05, 3.63) is 47.1 Å². The molecule has 0 saturated carbocycles. The number of pyridine rings is 1. The number of likely N-dealkylation sites (N-methyl/N-ethyl adjacent to an activating group) is 1. The molecule has 0 aliphatic carbocycles. The Balaban J connectivity index is 1.91. The van der Waals surface area contributed by atoms with Crippen molar-refractivity contribution in [2.45, 2.75) is 0 Å². The SMILES string of the molecule is CN(C)CCNC(=O)c1ccc(Cl)c(-n2nnc3cccnc32)c1. The lowest BCUT2D eigenvalue weighted by molar-refractivity contribution is 0.0951. The number of carbonyl (C=O) groups is 1. The maximum Gasteiger partial charge on any atom is 0.251 e. The van der Waals surface area contributed by atoms with Gasteiger partial charge in [0.15, 0.2) is 5.65 Å². The van der Waals surface area contributed by atoms with E-state index in [0.717, 1.165) is 6.54 Å². The van der Waals surface area contributed by atoms with Gasteiger partial charge in [0.1, 0.15) is 5.52 Å². The van der Waals surface area contributed by atoms with Crippen molar-refractivity contribution in [2.24, 2.45) is 0 Å². The minimum absolute atomic E-state index is 0.160. The highest BCUT2D eigenvalue weighted by Crippen LogP contribution is 2.23. The first kappa shape index (κ1) is 16.4. The third kappa shape index (κ3) is 3.37. The van der Waals surface area contributed by atoms with Gasteiger partial charge in [-0.15, -0.1) is 5.10 Å². The fraction of sp³-hybridized carbons (Fsp3) is 0.250. The molecule has 0 radical (unpaired) electrons. The van der Waals surface area contributed by atoms with E-state index < -0.39 is 0 Å². The molecule has 0 unspecified atom stereocenters. The molecule has 0 saturated heterocycles. The monoisotopic (exact) mass is 344 g/mol. The molecule has 0 aliphatic rings. The largest absolute Gasteiger partial charge is 0.351 e. The Morgan fingerprint density at radius 3 is 2.96 bits per heavy atom. The zero-order chi connectivity index (χ0) is 17.1. The van der Waals surface area contributed by atoms with Gasteiger partial charge in [-0.1, -0.05) is 16.8 Å². The van der Waals surface area contributed by atoms with E-state index in [-0.39, 0.29) is 5.91 Å². The molecule has 0 spiro atoms. The van der Waals surface area contributed by atoms with Crippen molar-refractivity contribution in [2.75, 3.05) is 27.2 Å². The van der Waals surface area contributed by atoms with E-state index in [1.54, 1.807) is 30.5 Å². The van der Waals surface area contributed by atoms with Crippen LogP contribution < -0.4 is 5.32 Å². The van der Waals surface area contributed by atoms with Gasteiger partial charge >= 0.3 is 0 Å². The molecule has 0 bridgehead atoms. The molecule has 8 heteroatoms. The van der Waals surface area contributed by atoms with Gasteiger partial charge in [-0.2, -0.15) is 4.68 Å². The summed E-state index contributed by atoms with van der Waals surface area (Å²) in [6, 6.07) is 8.66. The number of carbonyl (C=O) groups excluding carboxylic acids is 1. The second-order valence-corrected chi connectivity index (χ2v) is 5.98. The minimum Gasteiger partial charge on any atom is -0.351 e. The van der Waals surface area contributed by atoms with Gasteiger partial charge in [0.2, 0.25) is 0 Å². The lowest BCUT2D eigenvalue weighted by atomic mass is 10.2. The zero-order valence-electron chi connectivity index (χ0n) is 13.4. The molecule has 7 nitrogen and oxygen atoms in total. The number of benzene rings is 1. The first-order chi connectivity index (χ1) is 11.6. The molecule has 3 aromatic rings. The average molecular weight is 345 g/mol. The van der Waals surface area contributed by atoms with Crippen LogP contribution in [0, 0.1) is 0 Å². The summed E-state index contributed by atoms with van der Waals surface area (Å²) in [5.41, 5.74) is 2.32. The molecule has 24 heavy (non-hydrogen) atoms. The van der Waals surface area contributed by atoms with Gasteiger partial charge in [0.05, 0.1) is 10.7 Å². The number of hydrogen-bond donors (Lipinski definition) is 1. The van der Waals surface area contributed by atoms with Crippen LogP contribution in [0.2, 0.25) is 5.02 Å². The summed E-state index contributed by atoms with van der Waals surface area (Å²) in [7, 11) is 3.91. The molecule has 2 heterocycles. The Morgan fingerprint density at radius 2 is 2.17 bits per heavy atom. The van der Waals surface area contributed by atoms with Crippen molar-refractivity contribution in [3.8, 4) is 5.69 Å². The molecule has 3 rings (SSSR count). The number of nitrogens with zero attached hydrogens (tertiary/aromatic N) is 5. The number of nitrogens with one attached hydrogen (secondary N) is 1. The summed E-state index contributed by atoms with van der Waals surface area (Å²) >= 11 is 6.28. The van der Waals surface area contributed by atoms with Gasteiger partial charge in [0.25, 0.3) is 5.91 Å². The Labute approximate surface area is 144 Å². The molecular weight excluding hydrogens is 328 g/mol. The average Bonchev–Trinajstić information content (AvgIpc) is 2.99. The molecule has 0 aliphatic heterocycles. The highest BCUT2D eigenvalue weighted by Gasteiger charge is 2.14. The van der Waals surface area contributed by atoms with Crippen molar-refractivity contribution >= 4 is 28.7 Å². The summed E-state index contributed by atoms with van der Waals surface area (Å²) in [5.74, 6) is -0.160. The topological polar surface area (TPSA) is 75.9 Å². The van der Waals surface area contributed by atoms with Crippen LogP contribution >= 0.6 is 11.6 Å². The highest BCUT2D eigenvalue weighted by molar-refractivity contribution is 6.32. The smallest absolute Gasteiger partial charge is 0.251 e. The summed E-state index contributed by atoms with van der Waals surface area (Å²) in [6.07, 6.45) is 1.66. The van der Waals surface area contributed by atoms with Gasteiger partial charge < -0.3 is 10.2 Å². The van der Waals surface area contributed by atoms with Crippen LogP contribution in [0.25, 0.3) is 16.9 Å². The molecule has 1 N–H and O–H groups in total. The lowest BCUT2D eigenvalue weighted by Gasteiger charge is -2.11. The molecule has 124 valence electrons. The summed E-state index contributed by atoms with van der Waals surface area (Å²) < 4.78 is 1.54. The summed E-state index contributed by atoms with van der Waals surface area (Å²) in [5, 5.41) is 11.5. The molecule has 1 aromatic carbocycles. The number of rotatable bonds is 5. The van der Waals surface area contributed by atoms with Crippen LogP contribution in [-0.4, -0.2) is 58.0 Å². The molecule has 0 atom stereocenters. The maximum atomic E-state index is 12.3. The zero-order valence-corrected chi connectivity index (χ0v) is 14.2. The van der Waals surface area contributed by atoms with Crippen molar-refractivity contribution in [3.63, 3.8) is 0 Å². The molecular formula is C16H17ClN6O. The minimum atomic E-state index is -0.160. The Bertz CT molecular complexity index is 876. The molecule has 2 aromatic heterocycles. The van der Waals surface area contributed by atoms with Gasteiger partial charge in [-0.3, -0.25) is 4.79 Å². The fourth-order valence-corrected chi connectivity index (χ4v) is 2.44. The molecule has 1 amide bonds. The van der Waals surface area contributed by atoms with E-state index in [9.17, 15) is 4.79 Å². The summed E-state index contributed by atoms with van der Waals surface area (Å²) in [4.78, 5) is 18.6. The lowest BCUT2D eigenvalue weighted by Crippen LogP contribution is -2.31. The number of aromatic nitrogens is 4. The Hall–Kier alpha value is -2.51. The normalized spacial score (nSPS) is 11.2. The Morgan fingerprint density at radius 1 is 1.33 bits per heavy atom. The fourth-order valence-electron chi connectivity index (χ4n) is 2.24. The van der Waals surface area contributed by atoms with Crippen LogP contribution in [0.4, 0.5) is 0 Å². The van der Waals surface area contributed by atoms with Crippen LogP contribution in [0.5, 0.6) is 0 Å². The van der Waals surface area contributed by atoms with Crippen molar-refractivity contribution in [1.29, 1.82) is 0 Å². The predicted molar refractivity (Wildman–Crippen MR) is 92.6 cm³/mol. The maximum absolute atomic E-state index is 12.3. The van der Waals surface area contributed by atoms with Crippen molar-refractivity contribution in [1.82, 2.24) is 30.2 Å². The highest BCUT2D eigenvalue weighted by atomic mass is 35.5. The second-order valence-electron chi connectivity index (χ2n) is 5.57. The van der Waals surface area contributed by atoms with Gasteiger partial charge in [0, 0.05) is 24.8 Å². The second kappa shape index (κ2) is 6.94. The van der Waals surface area contributed by atoms with Crippen LogP contribution in [0.1, 0.15) is 10.4 Å². The van der Waals surface area contributed by atoms with E-state index in [0.29, 0.717) is 34.0 Å². The van der Waals surface area contributed by atoms with E-state index in [2.05, 4.69) is 20.6 Å². The van der Waals surface area contributed by atoms with Gasteiger partial charge in [-0.05, 0) is 44.4 Å². The van der Waals surface area contributed by atoms with Crippen LogP contribution in [0.15, 0.2) is 36.5 Å². The first-order valence-corrected chi connectivity index (χ1v) is 7.83. The van der Waals surface area contributed by atoms with E-state index in [1.165, 1.54) is 4.68 Å². The number of amides is 1. The van der Waals surface area contributed by atoms with Gasteiger partial charge in [-0.25, -0.2) is 4.98 Å². The third-order valence-electron chi connectivity index (χ3n) is 3.49. The number of halogens is 1. The number of fused-ring (bicyclic) bond motifs is 1. The third-order valence-corrected chi connectivity index (χ3v) is 3.81. The van der Waals surface area contributed by atoms with Crippen LogP contribution in [0.3, 0.4) is 0 Å². The summed E-state index contributed by atoms with van der Waals surface area (Å²) in [6.45, 7) is 1.33. The quantitative estimate of drug-likeness (QED) is 0.763. The van der Waals surface area contributed by atoms with E-state index in [1.807, 2.05) is 25.1 Å². The van der Waals surface area contributed by atoms with E-state index >= 15 is 0 Å². The molecule has 0 fully saturated rings. The Kier molecular flexibility index (Phi) is 4.73. The predicted octanol–water partition coefficient (Wildman–Crippen LogP) is 1.76.